The van der Waals surface area contributed by atoms with Crippen molar-refractivity contribution in [1.82, 2.24) is 9.88 Å². The highest BCUT2D eigenvalue weighted by Gasteiger charge is 2.11. The van der Waals surface area contributed by atoms with E-state index >= 15 is 0 Å². The first-order valence-electron chi connectivity index (χ1n) is 8.08. The van der Waals surface area contributed by atoms with Crippen molar-refractivity contribution in [1.29, 1.82) is 0 Å². The molecule has 0 atom stereocenters. The minimum Gasteiger partial charge on any atom is -0.495 e. The average molecular weight is 365 g/mol. The Morgan fingerprint density at radius 3 is 2.50 bits per heavy atom. The van der Waals surface area contributed by atoms with E-state index in [1.807, 2.05) is 72.4 Å². The molecule has 2 aromatic carbocycles. The van der Waals surface area contributed by atoms with Gasteiger partial charge in [0.05, 0.1) is 12.8 Å². The molecule has 26 heavy (non-hydrogen) atoms. The van der Waals surface area contributed by atoms with Crippen LogP contribution in [-0.4, -0.2) is 22.7 Å². The van der Waals surface area contributed by atoms with Gasteiger partial charge in [-0.1, -0.05) is 18.2 Å². The van der Waals surface area contributed by atoms with Gasteiger partial charge in [-0.2, -0.15) is 0 Å². The number of benzene rings is 2. The van der Waals surface area contributed by atoms with Crippen LogP contribution >= 0.6 is 12.2 Å². The predicted octanol–water partition coefficient (Wildman–Crippen LogP) is 3.92. The zero-order valence-corrected chi connectivity index (χ0v) is 15.3. The molecular formula is C20H19N3O2S. The molecule has 0 aliphatic carbocycles. The second-order valence-corrected chi connectivity index (χ2v) is 6.11. The van der Waals surface area contributed by atoms with Crippen molar-refractivity contribution in [2.45, 2.75) is 6.92 Å². The number of nitrogens with zero attached hydrogens (tertiary/aromatic N) is 1. The molecule has 1 amide bonds. The average Bonchev–Trinajstić information content (AvgIpc) is 3.16. The number of thiocarbonyl (C=S) groups is 1. The van der Waals surface area contributed by atoms with Gasteiger partial charge in [-0.3, -0.25) is 10.1 Å². The van der Waals surface area contributed by atoms with Crippen molar-refractivity contribution in [3.8, 4) is 11.4 Å². The third-order valence-electron chi connectivity index (χ3n) is 3.94. The molecule has 0 radical (unpaired) electrons. The lowest BCUT2D eigenvalue weighted by Crippen LogP contribution is -2.34. The summed E-state index contributed by atoms with van der Waals surface area (Å²) < 4.78 is 7.36. The summed E-state index contributed by atoms with van der Waals surface area (Å²) in [5.41, 5.74) is 3.12. The van der Waals surface area contributed by atoms with Crippen molar-refractivity contribution in [3.05, 3.63) is 78.1 Å². The number of carbonyl (C=O) groups is 1. The third kappa shape index (κ3) is 3.92. The topological polar surface area (TPSA) is 55.3 Å². The monoisotopic (exact) mass is 365 g/mol. The molecule has 1 aromatic heterocycles. The lowest BCUT2D eigenvalue weighted by atomic mass is 10.1. The Hall–Kier alpha value is -3.12. The molecule has 6 heteroatoms. The Morgan fingerprint density at radius 2 is 1.81 bits per heavy atom. The number of methoxy groups -OCH3 is 1. The fourth-order valence-electron chi connectivity index (χ4n) is 2.63. The first-order chi connectivity index (χ1) is 12.6. The summed E-state index contributed by atoms with van der Waals surface area (Å²) in [4.78, 5) is 12.4. The van der Waals surface area contributed by atoms with E-state index in [1.54, 1.807) is 13.2 Å². The Bertz CT molecular complexity index is 936. The Kier molecular flexibility index (Phi) is 5.34. The number of ether oxygens (including phenoxy) is 1. The Balaban J connectivity index is 1.75. The van der Waals surface area contributed by atoms with Gasteiger partial charge in [0, 0.05) is 23.6 Å². The standard InChI is InChI=1S/C20H19N3O2S/c1-14-7-3-4-8-16(14)19(24)22-20(26)21-15-9-10-18(25-2)17(13-15)23-11-5-6-12-23/h3-13H,1-2H3,(H2,21,22,24,26). The Labute approximate surface area is 157 Å². The van der Waals surface area contributed by atoms with Crippen molar-refractivity contribution >= 4 is 28.9 Å². The molecule has 0 unspecified atom stereocenters. The van der Waals surface area contributed by atoms with Crippen LogP contribution in [0.2, 0.25) is 0 Å². The third-order valence-corrected chi connectivity index (χ3v) is 4.14. The minimum atomic E-state index is -0.236. The van der Waals surface area contributed by atoms with Gasteiger partial charge in [0.1, 0.15) is 5.75 Å². The van der Waals surface area contributed by atoms with Gasteiger partial charge < -0.3 is 14.6 Å². The van der Waals surface area contributed by atoms with Crippen LogP contribution in [0.5, 0.6) is 5.75 Å². The highest BCUT2D eigenvalue weighted by Crippen LogP contribution is 2.26. The summed E-state index contributed by atoms with van der Waals surface area (Å²) in [6, 6.07) is 16.9. The second-order valence-electron chi connectivity index (χ2n) is 5.70. The van der Waals surface area contributed by atoms with E-state index in [1.165, 1.54) is 0 Å². The van der Waals surface area contributed by atoms with Crippen LogP contribution in [0.1, 0.15) is 15.9 Å². The van der Waals surface area contributed by atoms with Crippen molar-refractivity contribution in [2.24, 2.45) is 0 Å². The number of carbonyl (C=O) groups excluding carboxylic acids is 1. The first kappa shape index (κ1) is 17.7. The SMILES string of the molecule is COc1ccc(NC(=S)NC(=O)c2ccccc2C)cc1-n1cccc1. The van der Waals surface area contributed by atoms with Gasteiger partial charge in [-0.25, -0.2) is 0 Å². The number of anilines is 1. The molecule has 5 nitrogen and oxygen atoms in total. The molecule has 1 heterocycles. The largest absolute Gasteiger partial charge is 0.495 e. The summed E-state index contributed by atoms with van der Waals surface area (Å²) >= 11 is 5.28. The van der Waals surface area contributed by atoms with E-state index in [0.29, 0.717) is 5.56 Å². The van der Waals surface area contributed by atoms with Gasteiger partial charge >= 0.3 is 0 Å². The van der Waals surface area contributed by atoms with Gasteiger partial charge in [0.25, 0.3) is 5.91 Å². The maximum Gasteiger partial charge on any atom is 0.257 e. The van der Waals surface area contributed by atoms with Crippen LogP contribution in [0.25, 0.3) is 5.69 Å². The van der Waals surface area contributed by atoms with Crippen molar-refractivity contribution in [3.63, 3.8) is 0 Å². The zero-order valence-electron chi connectivity index (χ0n) is 14.5. The van der Waals surface area contributed by atoms with E-state index in [4.69, 9.17) is 17.0 Å². The van der Waals surface area contributed by atoms with E-state index in [-0.39, 0.29) is 11.0 Å². The lowest BCUT2D eigenvalue weighted by molar-refractivity contribution is 0.0977. The number of aromatic nitrogens is 1. The number of aryl methyl sites for hydroxylation is 1. The summed E-state index contributed by atoms with van der Waals surface area (Å²) in [6.07, 6.45) is 3.86. The summed E-state index contributed by atoms with van der Waals surface area (Å²) in [5.74, 6) is 0.501. The van der Waals surface area contributed by atoms with Gasteiger partial charge in [-0.05, 0) is 61.1 Å². The fraction of sp³-hybridized carbons (Fsp3) is 0.100. The maximum atomic E-state index is 12.4. The van der Waals surface area contributed by atoms with Crippen LogP contribution in [0, 0.1) is 6.92 Å². The minimum absolute atomic E-state index is 0.236. The summed E-state index contributed by atoms with van der Waals surface area (Å²) in [5, 5.41) is 6.00. The van der Waals surface area contributed by atoms with Gasteiger partial charge in [0.2, 0.25) is 0 Å². The van der Waals surface area contributed by atoms with Crippen LogP contribution in [0.3, 0.4) is 0 Å². The smallest absolute Gasteiger partial charge is 0.257 e. The molecule has 0 aliphatic heterocycles. The predicted molar refractivity (Wildman–Crippen MR) is 107 cm³/mol. The first-order valence-corrected chi connectivity index (χ1v) is 8.48. The number of rotatable bonds is 4. The molecular weight excluding hydrogens is 346 g/mol. The quantitative estimate of drug-likeness (QED) is 0.688. The fourth-order valence-corrected chi connectivity index (χ4v) is 2.84. The second kappa shape index (κ2) is 7.84. The van der Waals surface area contributed by atoms with Crippen molar-refractivity contribution < 1.29 is 9.53 Å². The molecule has 3 aromatic rings. The zero-order chi connectivity index (χ0) is 18.5. The molecule has 132 valence electrons. The van der Waals surface area contributed by atoms with Crippen LogP contribution in [0.15, 0.2) is 67.0 Å². The molecule has 2 N–H and O–H groups in total. The van der Waals surface area contributed by atoms with Gasteiger partial charge in [0.15, 0.2) is 5.11 Å². The van der Waals surface area contributed by atoms with E-state index < -0.39 is 0 Å². The lowest BCUT2D eigenvalue weighted by Gasteiger charge is -2.14. The molecule has 3 rings (SSSR count). The van der Waals surface area contributed by atoms with E-state index in [2.05, 4.69) is 10.6 Å². The van der Waals surface area contributed by atoms with Crippen LogP contribution in [-0.2, 0) is 0 Å². The molecule has 0 spiro atoms. The number of nitrogens with one attached hydrogen (secondary N) is 2. The molecule has 0 fully saturated rings. The molecule has 0 aliphatic rings. The maximum absolute atomic E-state index is 12.4. The molecule has 0 saturated carbocycles. The van der Waals surface area contributed by atoms with Gasteiger partial charge in [-0.15, -0.1) is 0 Å². The van der Waals surface area contributed by atoms with E-state index in [0.717, 1.165) is 22.7 Å². The van der Waals surface area contributed by atoms with Crippen LogP contribution in [0.4, 0.5) is 5.69 Å². The molecule has 0 bridgehead atoms. The van der Waals surface area contributed by atoms with Crippen molar-refractivity contribution in [2.75, 3.05) is 12.4 Å². The van der Waals surface area contributed by atoms with Crippen LogP contribution < -0.4 is 15.4 Å². The molecule has 0 saturated heterocycles. The highest BCUT2D eigenvalue weighted by molar-refractivity contribution is 7.80. The van der Waals surface area contributed by atoms with E-state index in [9.17, 15) is 4.79 Å². The Morgan fingerprint density at radius 1 is 1.08 bits per heavy atom. The number of amides is 1. The normalized spacial score (nSPS) is 10.2. The number of hydrogen-bond donors (Lipinski definition) is 2. The summed E-state index contributed by atoms with van der Waals surface area (Å²) in [6.45, 7) is 1.89. The highest BCUT2D eigenvalue weighted by atomic mass is 32.1. The summed E-state index contributed by atoms with van der Waals surface area (Å²) in [7, 11) is 1.63. The number of hydrogen-bond acceptors (Lipinski definition) is 3.